The maximum atomic E-state index is 12.7. The van der Waals surface area contributed by atoms with E-state index in [2.05, 4.69) is 12.2 Å². The molecule has 2 aromatic rings. The van der Waals surface area contributed by atoms with Gasteiger partial charge in [0.1, 0.15) is 0 Å². The van der Waals surface area contributed by atoms with E-state index in [4.69, 9.17) is 0 Å². The summed E-state index contributed by atoms with van der Waals surface area (Å²) in [5.74, 6) is 0.272. The van der Waals surface area contributed by atoms with E-state index in [1.165, 1.54) is 10.4 Å². The predicted molar refractivity (Wildman–Crippen MR) is 101 cm³/mol. The molecule has 0 unspecified atom stereocenters. The van der Waals surface area contributed by atoms with Crippen LogP contribution in [0.25, 0.3) is 0 Å². The number of piperidine rings is 1. The minimum absolute atomic E-state index is 0.210. The summed E-state index contributed by atoms with van der Waals surface area (Å²) in [4.78, 5) is 13.0. The van der Waals surface area contributed by atoms with Crippen molar-refractivity contribution in [2.75, 3.05) is 18.4 Å². The normalized spacial score (nSPS) is 16.7. The lowest BCUT2D eigenvalue weighted by Crippen LogP contribution is -2.37. The Labute approximate surface area is 152 Å². The molecule has 7 heteroatoms. The van der Waals surface area contributed by atoms with E-state index in [1.807, 2.05) is 31.2 Å². The molecule has 3 rings (SSSR count). The number of carbonyl (C=O) groups excluding carboxylic acids is 1. The van der Waals surface area contributed by atoms with E-state index < -0.39 is 10.0 Å². The summed E-state index contributed by atoms with van der Waals surface area (Å²) < 4.78 is 27.0. The second kappa shape index (κ2) is 7.27. The Morgan fingerprint density at radius 3 is 2.64 bits per heavy atom. The molecule has 1 amide bonds. The zero-order valence-electron chi connectivity index (χ0n) is 14.4. The smallest absolute Gasteiger partial charge is 0.265 e. The fraction of sp³-hybridized carbons (Fsp3) is 0.389. The molecule has 1 aliphatic rings. The Bertz CT molecular complexity index is 866. The summed E-state index contributed by atoms with van der Waals surface area (Å²) in [5.41, 5.74) is 1.75. The summed E-state index contributed by atoms with van der Waals surface area (Å²) in [7, 11) is -3.51. The van der Waals surface area contributed by atoms with Gasteiger partial charge in [0.2, 0.25) is 10.0 Å². The molecule has 1 aromatic heterocycles. The molecule has 25 heavy (non-hydrogen) atoms. The molecular formula is C18H22N2O3S2. The SMILES string of the molecule is Cc1cccc(NC(=O)c2cc(S(=O)(=O)N3CCC(C)CC3)cs2)c1. The van der Waals surface area contributed by atoms with Crippen LogP contribution in [0.2, 0.25) is 0 Å². The van der Waals surface area contributed by atoms with E-state index in [0.717, 1.165) is 29.7 Å². The molecule has 0 aliphatic carbocycles. The van der Waals surface area contributed by atoms with E-state index in [9.17, 15) is 13.2 Å². The van der Waals surface area contributed by atoms with E-state index in [1.54, 1.807) is 5.38 Å². The molecule has 0 radical (unpaired) electrons. The predicted octanol–water partition coefficient (Wildman–Crippen LogP) is 3.73. The van der Waals surface area contributed by atoms with Gasteiger partial charge in [-0.15, -0.1) is 11.3 Å². The molecule has 0 saturated carbocycles. The lowest BCUT2D eigenvalue weighted by atomic mass is 10.0. The molecule has 5 nitrogen and oxygen atoms in total. The standard InChI is InChI=1S/C18H22N2O3S2/c1-13-6-8-20(9-7-13)25(22,23)16-11-17(24-12-16)18(21)19-15-5-3-4-14(2)10-15/h3-5,10-13H,6-9H2,1-2H3,(H,19,21). The Morgan fingerprint density at radius 1 is 1.24 bits per heavy atom. The van der Waals surface area contributed by atoms with Crippen LogP contribution in [0.1, 0.15) is 35.0 Å². The molecule has 134 valence electrons. The molecule has 0 spiro atoms. The summed E-state index contributed by atoms with van der Waals surface area (Å²) in [6, 6.07) is 8.98. The van der Waals surface area contributed by atoms with Crippen LogP contribution in [-0.2, 0) is 10.0 Å². The van der Waals surface area contributed by atoms with Gasteiger partial charge in [0.05, 0.1) is 9.77 Å². The number of nitrogens with one attached hydrogen (secondary N) is 1. The minimum atomic E-state index is -3.51. The van der Waals surface area contributed by atoms with Crippen LogP contribution in [0.15, 0.2) is 40.6 Å². The van der Waals surface area contributed by atoms with Crippen molar-refractivity contribution in [2.24, 2.45) is 5.92 Å². The number of carbonyl (C=O) groups is 1. The van der Waals surface area contributed by atoms with Gasteiger partial charge in [-0.2, -0.15) is 4.31 Å². The number of aryl methyl sites for hydroxylation is 1. The van der Waals surface area contributed by atoms with Crippen molar-refractivity contribution in [3.63, 3.8) is 0 Å². The van der Waals surface area contributed by atoms with Gasteiger partial charge in [-0.1, -0.05) is 19.1 Å². The number of rotatable bonds is 4. The first-order valence-corrected chi connectivity index (χ1v) is 10.6. The molecule has 1 aromatic carbocycles. The fourth-order valence-corrected chi connectivity index (χ4v) is 5.49. The second-order valence-electron chi connectivity index (χ2n) is 6.56. The third kappa shape index (κ3) is 4.11. The van der Waals surface area contributed by atoms with Crippen molar-refractivity contribution in [1.29, 1.82) is 0 Å². The Kier molecular flexibility index (Phi) is 5.27. The van der Waals surface area contributed by atoms with Crippen LogP contribution >= 0.6 is 11.3 Å². The second-order valence-corrected chi connectivity index (χ2v) is 9.41. The highest BCUT2D eigenvalue weighted by Gasteiger charge is 2.29. The van der Waals surface area contributed by atoms with Gasteiger partial charge in [-0.05, 0) is 49.4 Å². The monoisotopic (exact) mass is 378 g/mol. The van der Waals surface area contributed by atoms with Crippen LogP contribution in [0.5, 0.6) is 0 Å². The van der Waals surface area contributed by atoms with E-state index in [-0.39, 0.29) is 10.8 Å². The van der Waals surface area contributed by atoms with Crippen molar-refractivity contribution in [1.82, 2.24) is 4.31 Å². The van der Waals surface area contributed by atoms with Gasteiger partial charge < -0.3 is 5.32 Å². The highest BCUT2D eigenvalue weighted by atomic mass is 32.2. The lowest BCUT2D eigenvalue weighted by molar-refractivity contribution is 0.103. The maximum Gasteiger partial charge on any atom is 0.265 e. The van der Waals surface area contributed by atoms with E-state index >= 15 is 0 Å². The van der Waals surface area contributed by atoms with Gasteiger partial charge in [-0.3, -0.25) is 4.79 Å². The first-order chi connectivity index (χ1) is 11.9. The number of amides is 1. The van der Waals surface area contributed by atoms with Gasteiger partial charge in [-0.25, -0.2) is 8.42 Å². The molecule has 1 fully saturated rings. The zero-order valence-corrected chi connectivity index (χ0v) is 16.0. The average molecular weight is 379 g/mol. The molecular weight excluding hydrogens is 356 g/mol. The minimum Gasteiger partial charge on any atom is -0.321 e. The molecule has 1 N–H and O–H groups in total. The van der Waals surface area contributed by atoms with Gasteiger partial charge in [0, 0.05) is 24.2 Å². The van der Waals surface area contributed by atoms with E-state index in [0.29, 0.717) is 29.6 Å². The number of anilines is 1. The van der Waals surface area contributed by atoms with Crippen molar-refractivity contribution in [3.05, 3.63) is 46.2 Å². The molecule has 1 aliphatic heterocycles. The van der Waals surface area contributed by atoms with Crippen LogP contribution in [0, 0.1) is 12.8 Å². The summed E-state index contributed by atoms with van der Waals surface area (Å²) in [6.45, 7) is 5.18. The number of hydrogen-bond acceptors (Lipinski definition) is 4. The largest absolute Gasteiger partial charge is 0.321 e. The van der Waals surface area contributed by atoms with Crippen LogP contribution in [-0.4, -0.2) is 31.7 Å². The van der Waals surface area contributed by atoms with Crippen molar-refractivity contribution < 1.29 is 13.2 Å². The summed E-state index contributed by atoms with van der Waals surface area (Å²) >= 11 is 1.15. The zero-order chi connectivity index (χ0) is 18.0. The van der Waals surface area contributed by atoms with Crippen molar-refractivity contribution in [2.45, 2.75) is 31.6 Å². The number of thiophene rings is 1. The van der Waals surface area contributed by atoms with Crippen LogP contribution in [0.3, 0.4) is 0 Å². The Balaban J connectivity index is 1.74. The molecule has 2 heterocycles. The number of benzene rings is 1. The first-order valence-electron chi connectivity index (χ1n) is 8.33. The Hall–Kier alpha value is -1.70. The number of sulfonamides is 1. The average Bonchev–Trinajstić information content (AvgIpc) is 3.06. The third-order valence-electron chi connectivity index (χ3n) is 4.46. The molecule has 1 saturated heterocycles. The first kappa shape index (κ1) is 18.1. The summed E-state index contributed by atoms with van der Waals surface area (Å²) in [6.07, 6.45) is 1.76. The van der Waals surface area contributed by atoms with Crippen LogP contribution in [0.4, 0.5) is 5.69 Å². The van der Waals surface area contributed by atoms with Crippen molar-refractivity contribution >= 4 is 33.0 Å². The number of nitrogens with zero attached hydrogens (tertiary/aromatic N) is 1. The lowest BCUT2D eigenvalue weighted by Gasteiger charge is -2.29. The third-order valence-corrected chi connectivity index (χ3v) is 7.41. The summed E-state index contributed by atoms with van der Waals surface area (Å²) in [5, 5.41) is 4.37. The van der Waals surface area contributed by atoms with Gasteiger partial charge in [0.15, 0.2) is 0 Å². The Morgan fingerprint density at radius 2 is 1.96 bits per heavy atom. The maximum absolute atomic E-state index is 12.7. The number of hydrogen-bond donors (Lipinski definition) is 1. The van der Waals surface area contributed by atoms with Gasteiger partial charge in [0.25, 0.3) is 5.91 Å². The molecule has 0 atom stereocenters. The van der Waals surface area contributed by atoms with Gasteiger partial charge >= 0.3 is 0 Å². The van der Waals surface area contributed by atoms with Crippen LogP contribution < -0.4 is 5.32 Å². The highest BCUT2D eigenvalue weighted by molar-refractivity contribution is 7.89. The quantitative estimate of drug-likeness (QED) is 0.881. The topological polar surface area (TPSA) is 66.5 Å². The molecule has 0 bridgehead atoms. The van der Waals surface area contributed by atoms with Crippen molar-refractivity contribution in [3.8, 4) is 0 Å². The highest BCUT2D eigenvalue weighted by Crippen LogP contribution is 2.27. The fourth-order valence-electron chi connectivity index (χ4n) is 2.86.